The largest absolute Gasteiger partial charge is 0.312 e. The Labute approximate surface area is 115 Å². The maximum atomic E-state index is 4.18. The lowest BCUT2D eigenvalue weighted by atomic mass is 9.99. The van der Waals surface area contributed by atoms with Gasteiger partial charge < -0.3 is 5.32 Å². The van der Waals surface area contributed by atoms with E-state index in [-0.39, 0.29) is 0 Å². The Kier molecular flexibility index (Phi) is 5.15. The Bertz CT molecular complexity index is 339. The van der Waals surface area contributed by atoms with Crippen LogP contribution in [0, 0.1) is 5.92 Å². The Morgan fingerprint density at radius 3 is 3.11 bits per heavy atom. The molecule has 0 aliphatic carbocycles. The molecule has 1 aromatic rings. The van der Waals surface area contributed by atoms with Gasteiger partial charge in [-0.1, -0.05) is 20.3 Å². The number of hydrogen-bond acceptors (Lipinski definition) is 4. The summed E-state index contributed by atoms with van der Waals surface area (Å²) in [5, 5.41) is 3.72. The number of rotatable bonds is 4. The van der Waals surface area contributed by atoms with Crippen molar-refractivity contribution in [2.24, 2.45) is 5.92 Å². The van der Waals surface area contributed by atoms with Gasteiger partial charge in [-0.3, -0.25) is 9.88 Å². The topological polar surface area (TPSA) is 28.2 Å². The third-order valence-corrected chi connectivity index (χ3v) is 4.96. The van der Waals surface area contributed by atoms with Crippen molar-refractivity contribution < 1.29 is 0 Å². The van der Waals surface area contributed by atoms with E-state index in [1.165, 1.54) is 17.7 Å². The van der Waals surface area contributed by atoms with Crippen LogP contribution in [-0.4, -0.2) is 35.1 Å². The molecular formula is C14H25N3S. The second-order valence-corrected chi connectivity index (χ2v) is 6.45. The minimum absolute atomic E-state index is 0.632. The van der Waals surface area contributed by atoms with Gasteiger partial charge in [0.15, 0.2) is 0 Å². The molecule has 1 aromatic heterocycles. The molecule has 1 fully saturated rings. The number of aromatic nitrogens is 1. The Morgan fingerprint density at radius 1 is 1.61 bits per heavy atom. The van der Waals surface area contributed by atoms with Gasteiger partial charge in [0.1, 0.15) is 0 Å². The van der Waals surface area contributed by atoms with Gasteiger partial charge in [0.2, 0.25) is 0 Å². The summed E-state index contributed by atoms with van der Waals surface area (Å²) in [7, 11) is 0. The zero-order valence-electron chi connectivity index (χ0n) is 11.7. The van der Waals surface area contributed by atoms with Crippen molar-refractivity contribution in [3.05, 3.63) is 16.6 Å². The van der Waals surface area contributed by atoms with Crippen molar-refractivity contribution in [1.82, 2.24) is 15.2 Å². The predicted octanol–water partition coefficient (Wildman–Crippen LogP) is 2.74. The smallest absolute Gasteiger partial charge is 0.0794 e. The molecule has 3 unspecified atom stereocenters. The minimum atomic E-state index is 0.632. The quantitative estimate of drug-likeness (QED) is 0.909. The summed E-state index contributed by atoms with van der Waals surface area (Å²) < 4.78 is 0. The van der Waals surface area contributed by atoms with Crippen LogP contribution in [0.25, 0.3) is 0 Å². The second kappa shape index (κ2) is 6.64. The van der Waals surface area contributed by atoms with Gasteiger partial charge in [-0.25, -0.2) is 0 Å². The zero-order valence-corrected chi connectivity index (χ0v) is 12.5. The predicted molar refractivity (Wildman–Crippen MR) is 77.8 cm³/mol. The fourth-order valence-corrected chi connectivity index (χ4v) is 3.18. The Hall–Kier alpha value is -0.450. The van der Waals surface area contributed by atoms with E-state index in [2.05, 4.69) is 36.0 Å². The summed E-state index contributed by atoms with van der Waals surface area (Å²) in [4.78, 5) is 8.18. The first-order valence-corrected chi connectivity index (χ1v) is 7.93. The normalized spacial score (nSPS) is 27.9. The molecule has 0 radical (unpaired) electrons. The fourth-order valence-electron chi connectivity index (χ4n) is 2.56. The van der Waals surface area contributed by atoms with E-state index in [1.54, 1.807) is 11.3 Å². The highest BCUT2D eigenvalue weighted by molar-refractivity contribution is 7.09. The van der Waals surface area contributed by atoms with Crippen molar-refractivity contribution in [3.63, 3.8) is 0 Å². The molecule has 0 saturated carbocycles. The Morgan fingerprint density at radius 2 is 2.44 bits per heavy atom. The number of hydrogen-bond donors (Lipinski definition) is 1. The first-order chi connectivity index (χ1) is 8.70. The molecule has 2 heterocycles. The summed E-state index contributed by atoms with van der Waals surface area (Å²) in [5.41, 5.74) is 1.93. The molecule has 4 heteroatoms. The van der Waals surface area contributed by atoms with Gasteiger partial charge in [0.05, 0.1) is 5.51 Å². The lowest BCUT2D eigenvalue weighted by Crippen LogP contribution is -2.43. The molecule has 0 aromatic carbocycles. The van der Waals surface area contributed by atoms with Crippen LogP contribution in [0.4, 0.5) is 0 Å². The van der Waals surface area contributed by atoms with Crippen molar-refractivity contribution in [1.29, 1.82) is 0 Å². The fraction of sp³-hybridized carbons (Fsp3) is 0.786. The van der Waals surface area contributed by atoms with Crippen molar-refractivity contribution in [3.8, 4) is 0 Å². The summed E-state index contributed by atoms with van der Waals surface area (Å²) in [5.74, 6) is 0.749. The SMILES string of the molecule is CCC(C)C1CN(Cc2cncs2)C(C)CCN1. The molecule has 2 rings (SSSR count). The highest BCUT2D eigenvalue weighted by atomic mass is 32.1. The van der Waals surface area contributed by atoms with Crippen molar-refractivity contribution >= 4 is 11.3 Å². The molecule has 0 bridgehead atoms. The summed E-state index contributed by atoms with van der Waals surface area (Å²) in [6.07, 6.45) is 4.50. The van der Waals surface area contributed by atoms with E-state index in [0.717, 1.165) is 25.6 Å². The highest BCUT2D eigenvalue weighted by Gasteiger charge is 2.25. The van der Waals surface area contributed by atoms with E-state index >= 15 is 0 Å². The molecule has 1 aliphatic rings. The third kappa shape index (κ3) is 3.53. The van der Waals surface area contributed by atoms with Crippen LogP contribution in [0.5, 0.6) is 0 Å². The first kappa shape index (κ1) is 14.0. The molecule has 0 amide bonds. The summed E-state index contributed by atoms with van der Waals surface area (Å²) in [6.45, 7) is 10.4. The van der Waals surface area contributed by atoms with E-state index in [9.17, 15) is 0 Å². The van der Waals surface area contributed by atoms with Gasteiger partial charge in [-0.05, 0) is 25.8 Å². The van der Waals surface area contributed by atoms with Crippen molar-refractivity contribution in [2.45, 2.75) is 52.2 Å². The van der Waals surface area contributed by atoms with Crippen LogP contribution in [0.15, 0.2) is 11.7 Å². The average molecular weight is 267 g/mol. The average Bonchev–Trinajstić information content (AvgIpc) is 2.81. The van der Waals surface area contributed by atoms with Crippen LogP contribution in [-0.2, 0) is 6.54 Å². The van der Waals surface area contributed by atoms with Gasteiger partial charge in [-0.2, -0.15) is 0 Å². The highest BCUT2D eigenvalue weighted by Crippen LogP contribution is 2.19. The molecular weight excluding hydrogens is 242 g/mol. The van der Waals surface area contributed by atoms with Gasteiger partial charge in [0, 0.05) is 36.2 Å². The first-order valence-electron chi connectivity index (χ1n) is 7.05. The third-order valence-electron chi connectivity index (χ3n) is 4.20. The maximum absolute atomic E-state index is 4.18. The lowest BCUT2D eigenvalue weighted by Gasteiger charge is -2.30. The maximum Gasteiger partial charge on any atom is 0.0794 e. The lowest BCUT2D eigenvalue weighted by molar-refractivity contribution is 0.182. The Balaban J connectivity index is 2.01. The number of thiazole rings is 1. The molecule has 102 valence electrons. The van der Waals surface area contributed by atoms with E-state index in [1.807, 2.05) is 11.7 Å². The van der Waals surface area contributed by atoms with Crippen LogP contribution in [0.2, 0.25) is 0 Å². The van der Waals surface area contributed by atoms with Crippen LogP contribution in [0.3, 0.4) is 0 Å². The zero-order chi connectivity index (χ0) is 13.0. The summed E-state index contributed by atoms with van der Waals surface area (Å²) in [6, 6.07) is 1.29. The molecule has 0 spiro atoms. The van der Waals surface area contributed by atoms with E-state index in [4.69, 9.17) is 0 Å². The molecule has 18 heavy (non-hydrogen) atoms. The van der Waals surface area contributed by atoms with Gasteiger partial charge in [-0.15, -0.1) is 11.3 Å². The summed E-state index contributed by atoms with van der Waals surface area (Å²) >= 11 is 1.77. The van der Waals surface area contributed by atoms with Gasteiger partial charge >= 0.3 is 0 Å². The standard InChI is InChI=1S/C14H25N3S/c1-4-11(2)14-9-17(12(3)5-6-16-14)8-13-7-15-10-18-13/h7,10-12,14,16H,4-6,8-9H2,1-3H3. The second-order valence-electron chi connectivity index (χ2n) is 5.48. The van der Waals surface area contributed by atoms with E-state index < -0.39 is 0 Å². The van der Waals surface area contributed by atoms with Crippen molar-refractivity contribution in [2.75, 3.05) is 13.1 Å². The van der Waals surface area contributed by atoms with Crippen LogP contribution < -0.4 is 5.32 Å². The monoisotopic (exact) mass is 267 g/mol. The molecule has 3 atom stereocenters. The number of nitrogens with one attached hydrogen (secondary N) is 1. The molecule has 1 N–H and O–H groups in total. The molecule has 1 saturated heterocycles. The molecule has 3 nitrogen and oxygen atoms in total. The van der Waals surface area contributed by atoms with Crippen LogP contribution >= 0.6 is 11.3 Å². The molecule has 1 aliphatic heterocycles. The van der Waals surface area contributed by atoms with Crippen LogP contribution in [0.1, 0.15) is 38.5 Å². The van der Waals surface area contributed by atoms with E-state index in [0.29, 0.717) is 12.1 Å². The number of nitrogens with zero attached hydrogens (tertiary/aromatic N) is 2. The minimum Gasteiger partial charge on any atom is -0.312 e. The van der Waals surface area contributed by atoms with Gasteiger partial charge in [0.25, 0.3) is 0 Å².